The Hall–Kier alpha value is -2.64. The minimum atomic E-state index is -0.589. The van der Waals surface area contributed by atoms with E-state index in [4.69, 9.17) is 18.9 Å². The number of phenols is 1. The molecule has 1 aromatic rings. The maximum atomic E-state index is 12.0. The summed E-state index contributed by atoms with van der Waals surface area (Å²) >= 11 is 0. The molecule has 2 N–H and O–H groups in total. The number of carbonyl (C=O) groups excluding carboxylic acids is 2. The van der Waals surface area contributed by atoms with Crippen LogP contribution >= 0.6 is 0 Å². The van der Waals surface area contributed by atoms with Crippen LogP contribution in [-0.2, 0) is 9.47 Å². The van der Waals surface area contributed by atoms with E-state index < -0.39 is 17.7 Å². The number of nitrogens with one attached hydrogen (secondary N) is 1. The van der Waals surface area contributed by atoms with E-state index in [2.05, 4.69) is 5.32 Å². The van der Waals surface area contributed by atoms with E-state index >= 15 is 0 Å². The van der Waals surface area contributed by atoms with Gasteiger partial charge in [-0.2, -0.15) is 0 Å². The summed E-state index contributed by atoms with van der Waals surface area (Å²) in [7, 11) is 2.73. The van der Waals surface area contributed by atoms with Crippen molar-refractivity contribution in [3.8, 4) is 17.2 Å². The zero-order valence-corrected chi connectivity index (χ0v) is 15.2. The van der Waals surface area contributed by atoms with E-state index in [1.165, 1.54) is 26.4 Å². The van der Waals surface area contributed by atoms with Crippen molar-refractivity contribution >= 4 is 12.1 Å². The quantitative estimate of drug-likeness (QED) is 0.572. The summed E-state index contributed by atoms with van der Waals surface area (Å²) in [5.74, 6) is -0.562. The topological polar surface area (TPSA) is 103 Å². The van der Waals surface area contributed by atoms with E-state index in [1.807, 2.05) is 0 Å². The van der Waals surface area contributed by atoms with E-state index in [0.29, 0.717) is 13.0 Å². The normalized spacial score (nSPS) is 10.8. The van der Waals surface area contributed by atoms with Crippen molar-refractivity contribution in [2.45, 2.75) is 32.8 Å². The maximum absolute atomic E-state index is 12.0. The fraction of sp³-hybridized carbons (Fsp3) is 0.529. The highest BCUT2D eigenvalue weighted by atomic mass is 16.6. The number of hydrogen-bond donors (Lipinski definition) is 2. The van der Waals surface area contributed by atoms with E-state index in [9.17, 15) is 14.7 Å². The minimum absolute atomic E-state index is 0.109. The van der Waals surface area contributed by atoms with Gasteiger partial charge in [0.15, 0.2) is 11.5 Å². The SMILES string of the molecule is COc1cc(C(=O)OCCCNC(=O)OC(C)(C)C)cc(OC)c1O. The Morgan fingerprint density at radius 2 is 1.68 bits per heavy atom. The molecule has 0 spiro atoms. The molecule has 1 rings (SSSR count). The Kier molecular flexibility index (Phi) is 7.35. The van der Waals surface area contributed by atoms with Gasteiger partial charge in [0.25, 0.3) is 0 Å². The number of phenolic OH excluding ortho intramolecular Hbond substituents is 1. The van der Waals surface area contributed by atoms with Crippen molar-refractivity contribution < 1.29 is 33.6 Å². The standard InChI is InChI=1S/C17H25NO7/c1-17(2,3)25-16(21)18-7-6-8-24-15(20)11-9-12(22-4)14(19)13(10-11)23-5/h9-10,19H,6-8H2,1-5H3,(H,18,21). The number of aromatic hydroxyl groups is 1. The fourth-order valence-corrected chi connectivity index (χ4v) is 1.84. The predicted octanol–water partition coefficient (Wildman–Crippen LogP) is 2.48. The lowest BCUT2D eigenvalue weighted by Gasteiger charge is -2.19. The molecule has 1 amide bonds. The molecule has 0 fully saturated rings. The molecule has 8 nitrogen and oxygen atoms in total. The molecule has 0 heterocycles. The van der Waals surface area contributed by atoms with Crippen LogP contribution in [0, 0.1) is 0 Å². The van der Waals surface area contributed by atoms with Crippen molar-refractivity contribution in [1.29, 1.82) is 0 Å². The molecular formula is C17H25NO7. The summed E-state index contributed by atoms with van der Waals surface area (Å²) in [6.45, 7) is 5.74. The molecule has 1 aromatic carbocycles. The molecule has 0 aliphatic rings. The second-order valence-electron chi connectivity index (χ2n) is 6.15. The maximum Gasteiger partial charge on any atom is 0.407 e. The van der Waals surface area contributed by atoms with Crippen LogP contribution in [0.15, 0.2) is 12.1 Å². The van der Waals surface area contributed by atoms with Gasteiger partial charge in [0, 0.05) is 6.54 Å². The molecular weight excluding hydrogens is 330 g/mol. The van der Waals surface area contributed by atoms with Crippen molar-refractivity contribution in [2.24, 2.45) is 0 Å². The molecule has 0 saturated heterocycles. The molecule has 8 heteroatoms. The van der Waals surface area contributed by atoms with E-state index in [-0.39, 0.29) is 29.4 Å². The average molecular weight is 355 g/mol. The summed E-state index contributed by atoms with van der Waals surface area (Å²) in [5.41, 5.74) is -0.375. The molecule has 0 aliphatic carbocycles. The highest BCUT2D eigenvalue weighted by molar-refractivity contribution is 5.91. The summed E-state index contributed by atoms with van der Waals surface area (Å²) in [6, 6.07) is 2.72. The molecule has 140 valence electrons. The Bertz CT molecular complexity index is 582. The van der Waals surface area contributed by atoms with Crippen LogP contribution < -0.4 is 14.8 Å². The number of rotatable bonds is 7. The van der Waals surface area contributed by atoms with Crippen LogP contribution in [0.25, 0.3) is 0 Å². The van der Waals surface area contributed by atoms with Gasteiger partial charge in [0.1, 0.15) is 5.60 Å². The van der Waals surface area contributed by atoms with Gasteiger partial charge in [-0.05, 0) is 39.3 Å². The number of benzene rings is 1. The first-order chi connectivity index (χ1) is 11.7. The summed E-state index contributed by atoms with van der Waals surface area (Å²) in [4.78, 5) is 23.5. The van der Waals surface area contributed by atoms with Crippen molar-refractivity contribution in [2.75, 3.05) is 27.4 Å². The number of amides is 1. The van der Waals surface area contributed by atoms with Crippen LogP contribution in [-0.4, -0.2) is 50.1 Å². The summed E-state index contributed by atoms with van der Waals surface area (Å²) < 4.78 is 20.2. The first-order valence-corrected chi connectivity index (χ1v) is 7.77. The molecule has 0 atom stereocenters. The average Bonchev–Trinajstić information content (AvgIpc) is 2.52. The number of esters is 1. The van der Waals surface area contributed by atoms with Crippen LogP contribution in [0.3, 0.4) is 0 Å². The molecule has 25 heavy (non-hydrogen) atoms. The van der Waals surface area contributed by atoms with Gasteiger partial charge in [-0.15, -0.1) is 0 Å². The van der Waals surface area contributed by atoms with Gasteiger partial charge < -0.3 is 29.4 Å². The Labute approximate surface area is 147 Å². The second kappa shape index (κ2) is 9.00. The minimum Gasteiger partial charge on any atom is -0.502 e. The van der Waals surface area contributed by atoms with Gasteiger partial charge in [-0.1, -0.05) is 0 Å². The lowest BCUT2D eigenvalue weighted by Crippen LogP contribution is -2.33. The van der Waals surface area contributed by atoms with Crippen molar-refractivity contribution in [1.82, 2.24) is 5.32 Å². The Balaban J connectivity index is 2.46. The lowest BCUT2D eigenvalue weighted by molar-refractivity contribution is 0.0482. The fourth-order valence-electron chi connectivity index (χ4n) is 1.84. The van der Waals surface area contributed by atoms with Crippen LogP contribution in [0.2, 0.25) is 0 Å². The van der Waals surface area contributed by atoms with Gasteiger partial charge in [0.2, 0.25) is 5.75 Å². The number of carbonyl (C=O) groups is 2. The van der Waals surface area contributed by atoms with Gasteiger partial charge in [-0.25, -0.2) is 9.59 Å². The van der Waals surface area contributed by atoms with E-state index in [0.717, 1.165) is 0 Å². The largest absolute Gasteiger partial charge is 0.502 e. The predicted molar refractivity (Wildman–Crippen MR) is 90.3 cm³/mol. The van der Waals surface area contributed by atoms with Crippen LogP contribution in [0.1, 0.15) is 37.6 Å². The third kappa shape index (κ3) is 6.78. The molecule has 0 unspecified atom stereocenters. The summed E-state index contributed by atoms with van der Waals surface area (Å²) in [6.07, 6.45) is -0.0935. The number of methoxy groups -OCH3 is 2. The second-order valence-corrected chi connectivity index (χ2v) is 6.15. The Morgan fingerprint density at radius 1 is 1.12 bits per heavy atom. The third-order valence-corrected chi connectivity index (χ3v) is 2.94. The zero-order valence-electron chi connectivity index (χ0n) is 15.2. The van der Waals surface area contributed by atoms with Gasteiger partial charge >= 0.3 is 12.1 Å². The zero-order chi connectivity index (χ0) is 19.0. The monoisotopic (exact) mass is 355 g/mol. The number of hydrogen-bond acceptors (Lipinski definition) is 7. The van der Waals surface area contributed by atoms with E-state index in [1.54, 1.807) is 20.8 Å². The molecule has 0 aliphatic heterocycles. The highest BCUT2D eigenvalue weighted by Gasteiger charge is 2.17. The van der Waals surface area contributed by atoms with Crippen molar-refractivity contribution in [3.05, 3.63) is 17.7 Å². The lowest BCUT2D eigenvalue weighted by atomic mass is 10.2. The summed E-state index contributed by atoms with van der Waals surface area (Å²) in [5, 5.41) is 12.4. The first kappa shape index (κ1) is 20.4. The van der Waals surface area contributed by atoms with Crippen molar-refractivity contribution in [3.63, 3.8) is 0 Å². The number of ether oxygens (including phenoxy) is 4. The molecule has 0 bridgehead atoms. The van der Waals surface area contributed by atoms with Gasteiger partial charge in [0.05, 0.1) is 26.4 Å². The van der Waals surface area contributed by atoms with Crippen LogP contribution in [0.5, 0.6) is 17.2 Å². The van der Waals surface area contributed by atoms with Gasteiger partial charge in [-0.3, -0.25) is 0 Å². The number of alkyl carbamates (subject to hydrolysis) is 1. The molecule has 0 saturated carbocycles. The van der Waals surface area contributed by atoms with Crippen LogP contribution in [0.4, 0.5) is 4.79 Å². The smallest absolute Gasteiger partial charge is 0.407 e. The Morgan fingerprint density at radius 3 is 2.16 bits per heavy atom. The third-order valence-electron chi connectivity index (χ3n) is 2.94. The first-order valence-electron chi connectivity index (χ1n) is 7.77. The highest BCUT2D eigenvalue weighted by Crippen LogP contribution is 2.37. The molecule has 0 radical (unpaired) electrons. The molecule has 0 aromatic heterocycles.